The molecule has 0 aromatic heterocycles. The predicted molar refractivity (Wildman–Crippen MR) is 80.6 cm³/mol. The lowest BCUT2D eigenvalue weighted by atomic mass is 9.85. The van der Waals surface area contributed by atoms with Gasteiger partial charge in [-0.3, -0.25) is 14.9 Å². The van der Waals surface area contributed by atoms with E-state index in [0.717, 1.165) is 11.1 Å². The minimum atomic E-state index is -0.377. The van der Waals surface area contributed by atoms with Gasteiger partial charge in [0.1, 0.15) is 0 Å². The first-order chi connectivity index (χ1) is 10.2. The van der Waals surface area contributed by atoms with Gasteiger partial charge in [-0.15, -0.1) is 0 Å². The van der Waals surface area contributed by atoms with E-state index < -0.39 is 0 Å². The van der Waals surface area contributed by atoms with Gasteiger partial charge in [0.05, 0.1) is 12.5 Å². The number of benzene rings is 1. The number of ether oxygens (including phenoxy) is 1. The molecule has 0 saturated carbocycles. The van der Waals surface area contributed by atoms with Crippen LogP contribution < -0.4 is 5.32 Å². The molecule has 1 heterocycles. The van der Waals surface area contributed by atoms with Crippen LogP contribution in [0.2, 0.25) is 0 Å². The highest BCUT2D eigenvalue weighted by molar-refractivity contribution is 6.09. The molecule has 0 fully saturated rings. The predicted octanol–water partition coefficient (Wildman–Crippen LogP) is 2.24. The fourth-order valence-corrected chi connectivity index (χ4v) is 2.63. The van der Waals surface area contributed by atoms with Gasteiger partial charge in [-0.1, -0.05) is 37.3 Å². The zero-order chi connectivity index (χ0) is 15.2. The molecule has 0 saturated heterocycles. The summed E-state index contributed by atoms with van der Waals surface area (Å²) in [5.41, 5.74) is 2.71. The number of rotatable bonds is 6. The smallest absolute Gasteiger partial charge is 0.253 e. The van der Waals surface area contributed by atoms with Crippen molar-refractivity contribution in [3.8, 4) is 0 Å². The molecule has 1 aliphatic rings. The van der Waals surface area contributed by atoms with Gasteiger partial charge in [0.2, 0.25) is 5.91 Å². The first-order valence-corrected chi connectivity index (χ1v) is 7.36. The molecule has 4 heteroatoms. The van der Waals surface area contributed by atoms with Gasteiger partial charge in [0.15, 0.2) is 0 Å². The zero-order valence-corrected chi connectivity index (χ0v) is 12.5. The van der Waals surface area contributed by atoms with Gasteiger partial charge < -0.3 is 4.74 Å². The molecule has 2 amide bonds. The standard InChI is InChI=1S/C17H21NO3/c1-3-13-14(10-12-8-6-5-7-9-12)15(11-21-4-2)17(20)18-16(13)19/h5-9,15H,3-4,10-11H2,1-2H3,(H,18,19,20). The molecule has 1 atom stereocenters. The highest BCUT2D eigenvalue weighted by Gasteiger charge is 2.33. The Morgan fingerprint density at radius 2 is 1.86 bits per heavy atom. The van der Waals surface area contributed by atoms with Gasteiger partial charge >= 0.3 is 0 Å². The molecule has 1 aromatic rings. The quantitative estimate of drug-likeness (QED) is 0.816. The van der Waals surface area contributed by atoms with E-state index in [9.17, 15) is 9.59 Å². The molecule has 2 rings (SSSR count). The van der Waals surface area contributed by atoms with Crippen LogP contribution in [-0.2, 0) is 20.7 Å². The Balaban J connectivity index is 2.35. The summed E-state index contributed by atoms with van der Waals surface area (Å²) in [4.78, 5) is 24.2. The van der Waals surface area contributed by atoms with E-state index in [1.165, 1.54) is 0 Å². The number of hydrogen-bond donors (Lipinski definition) is 1. The minimum absolute atomic E-state index is 0.253. The Morgan fingerprint density at radius 3 is 2.48 bits per heavy atom. The van der Waals surface area contributed by atoms with Crippen molar-refractivity contribution in [1.82, 2.24) is 5.32 Å². The van der Waals surface area contributed by atoms with Crippen LogP contribution in [0.5, 0.6) is 0 Å². The monoisotopic (exact) mass is 287 g/mol. The van der Waals surface area contributed by atoms with Gasteiger partial charge in [0, 0.05) is 12.2 Å². The highest BCUT2D eigenvalue weighted by atomic mass is 16.5. The van der Waals surface area contributed by atoms with Gasteiger partial charge in [-0.2, -0.15) is 0 Å². The maximum atomic E-state index is 12.1. The molecule has 112 valence electrons. The maximum Gasteiger partial charge on any atom is 0.253 e. The van der Waals surface area contributed by atoms with Crippen molar-refractivity contribution < 1.29 is 14.3 Å². The number of nitrogens with one attached hydrogen (secondary N) is 1. The van der Waals surface area contributed by atoms with Crippen LogP contribution in [0.15, 0.2) is 41.5 Å². The number of carbonyl (C=O) groups excluding carboxylic acids is 2. The van der Waals surface area contributed by atoms with E-state index in [4.69, 9.17) is 4.74 Å². The molecule has 0 aliphatic carbocycles. The highest BCUT2D eigenvalue weighted by Crippen LogP contribution is 2.27. The third kappa shape index (κ3) is 3.58. The van der Waals surface area contributed by atoms with Crippen molar-refractivity contribution >= 4 is 11.8 Å². The van der Waals surface area contributed by atoms with Crippen LogP contribution in [0.1, 0.15) is 25.8 Å². The fraction of sp³-hybridized carbons (Fsp3) is 0.412. The van der Waals surface area contributed by atoms with Crippen LogP contribution in [0.3, 0.4) is 0 Å². The second kappa shape index (κ2) is 7.18. The van der Waals surface area contributed by atoms with E-state index in [0.29, 0.717) is 31.6 Å². The largest absolute Gasteiger partial charge is 0.381 e. The third-order valence-corrected chi connectivity index (χ3v) is 3.72. The Morgan fingerprint density at radius 1 is 1.14 bits per heavy atom. The van der Waals surface area contributed by atoms with Crippen LogP contribution in [0, 0.1) is 5.92 Å². The summed E-state index contributed by atoms with van der Waals surface area (Å²) in [6.07, 6.45) is 1.23. The average molecular weight is 287 g/mol. The first-order valence-electron chi connectivity index (χ1n) is 7.36. The molecule has 0 bridgehead atoms. The van der Waals surface area contributed by atoms with Gasteiger partial charge in [-0.05, 0) is 30.9 Å². The Bertz CT molecular complexity index is 548. The number of carbonyl (C=O) groups is 2. The lowest BCUT2D eigenvalue weighted by Crippen LogP contribution is -2.45. The van der Waals surface area contributed by atoms with E-state index in [2.05, 4.69) is 5.32 Å². The molecule has 1 N–H and O–H groups in total. The Kier molecular flexibility index (Phi) is 5.28. The van der Waals surface area contributed by atoms with Gasteiger partial charge in [0.25, 0.3) is 5.91 Å². The van der Waals surface area contributed by atoms with Crippen molar-refractivity contribution in [3.05, 3.63) is 47.0 Å². The van der Waals surface area contributed by atoms with Crippen LogP contribution in [-0.4, -0.2) is 25.0 Å². The number of amides is 2. The zero-order valence-electron chi connectivity index (χ0n) is 12.5. The second-order valence-electron chi connectivity index (χ2n) is 5.05. The average Bonchev–Trinajstić information content (AvgIpc) is 2.48. The normalized spacial score (nSPS) is 18.9. The van der Waals surface area contributed by atoms with Crippen molar-refractivity contribution in [2.45, 2.75) is 26.7 Å². The van der Waals surface area contributed by atoms with E-state index in [-0.39, 0.29) is 17.7 Å². The van der Waals surface area contributed by atoms with E-state index in [1.807, 2.05) is 44.2 Å². The molecule has 0 radical (unpaired) electrons. The van der Waals surface area contributed by atoms with Crippen molar-refractivity contribution in [3.63, 3.8) is 0 Å². The SMILES string of the molecule is CCOCC1C(=O)NC(=O)C(CC)=C1Cc1ccccc1. The molecule has 0 spiro atoms. The minimum Gasteiger partial charge on any atom is -0.381 e. The molecule has 21 heavy (non-hydrogen) atoms. The summed E-state index contributed by atoms with van der Waals surface area (Å²) in [7, 11) is 0. The third-order valence-electron chi connectivity index (χ3n) is 3.72. The molecule has 1 aromatic carbocycles. The molecular weight excluding hydrogens is 266 g/mol. The summed E-state index contributed by atoms with van der Waals surface area (Å²) in [6, 6.07) is 9.90. The van der Waals surface area contributed by atoms with E-state index in [1.54, 1.807) is 0 Å². The second-order valence-corrected chi connectivity index (χ2v) is 5.05. The summed E-state index contributed by atoms with van der Waals surface area (Å²) in [6.45, 7) is 4.71. The van der Waals surface area contributed by atoms with Crippen molar-refractivity contribution in [2.75, 3.05) is 13.2 Å². The summed E-state index contributed by atoms with van der Waals surface area (Å²) in [5, 5.41) is 2.44. The number of imide groups is 1. The summed E-state index contributed by atoms with van der Waals surface area (Å²) in [5.74, 6) is -0.893. The summed E-state index contributed by atoms with van der Waals surface area (Å²) >= 11 is 0. The Hall–Kier alpha value is -1.94. The fourth-order valence-electron chi connectivity index (χ4n) is 2.63. The van der Waals surface area contributed by atoms with E-state index >= 15 is 0 Å². The molecular formula is C17H21NO3. The van der Waals surface area contributed by atoms with Crippen molar-refractivity contribution in [2.24, 2.45) is 5.92 Å². The molecule has 1 unspecified atom stereocenters. The lowest BCUT2D eigenvalue weighted by molar-refractivity contribution is -0.133. The molecule has 1 aliphatic heterocycles. The number of hydrogen-bond acceptors (Lipinski definition) is 3. The van der Waals surface area contributed by atoms with Crippen LogP contribution >= 0.6 is 0 Å². The summed E-state index contributed by atoms with van der Waals surface area (Å²) < 4.78 is 5.43. The topological polar surface area (TPSA) is 55.4 Å². The van der Waals surface area contributed by atoms with Crippen LogP contribution in [0.25, 0.3) is 0 Å². The van der Waals surface area contributed by atoms with Crippen LogP contribution in [0.4, 0.5) is 0 Å². The maximum absolute atomic E-state index is 12.1. The molecule has 4 nitrogen and oxygen atoms in total. The van der Waals surface area contributed by atoms with Gasteiger partial charge in [-0.25, -0.2) is 0 Å². The first kappa shape index (κ1) is 15.4. The Labute approximate surface area is 125 Å². The van der Waals surface area contributed by atoms with Crippen molar-refractivity contribution in [1.29, 1.82) is 0 Å². The lowest BCUT2D eigenvalue weighted by Gasteiger charge is -2.27.